The summed E-state index contributed by atoms with van der Waals surface area (Å²) >= 11 is 0. The topological polar surface area (TPSA) is 55.5 Å². The Morgan fingerprint density at radius 2 is 2.23 bits per heavy atom. The first-order valence-corrected chi connectivity index (χ1v) is 5.02. The lowest BCUT2D eigenvalue weighted by Gasteiger charge is -2.20. The molecule has 0 saturated heterocycles. The van der Waals surface area contributed by atoms with Crippen molar-refractivity contribution < 1.29 is 4.79 Å². The third-order valence-electron chi connectivity index (χ3n) is 3.36. The van der Waals surface area contributed by atoms with Crippen molar-refractivity contribution in [1.82, 2.24) is 0 Å². The van der Waals surface area contributed by atoms with Crippen LogP contribution in [0.2, 0.25) is 0 Å². The molecule has 2 aliphatic carbocycles. The fourth-order valence-electron chi connectivity index (χ4n) is 2.67. The smallest absolute Gasteiger partial charge is 0.222 e. The Hall–Kier alpha value is -0.860. The Kier molecular flexibility index (Phi) is 2.10. The lowest BCUT2D eigenvalue weighted by atomic mass is 9.94. The van der Waals surface area contributed by atoms with Gasteiger partial charge in [0.15, 0.2) is 0 Å². The van der Waals surface area contributed by atoms with Gasteiger partial charge in [-0.05, 0) is 38.0 Å². The van der Waals surface area contributed by atoms with Crippen LogP contribution in [0.5, 0.6) is 0 Å². The molecule has 1 amide bonds. The lowest BCUT2D eigenvalue weighted by Crippen LogP contribution is -2.20. The largest absolute Gasteiger partial charge is 0.369 e. The zero-order chi connectivity index (χ0) is 9.31. The first-order chi connectivity index (χ1) is 6.20. The van der Waals surface area contributed by atoms with Gasteiger partial charge in [-0.15, -0.1) is 0 Å². The zero-order valence-electron chi connectivity index (χ0n) is 7.83. The van der Waals surface area contributed by atoms with Gasteiger partial charge in [0.2, 0.25) is 5.91 Å². The molecule has 0 atom stereocenters. The monoisotopic (exact) mass is 180 g/mol. The minimum absolute atomic E-state index is 0.208. The number of primary amides is 1. The van der Waals surface area contributed by atoms with Crippen LogP contribution in [0.15, 0.2) is 4.99 Å². The SMILES string of the molecule is NC(=O)CC=NC12CCC(CC1)C2. The second-order valence-corrected chi connectivity index (χ2v) is 4.35. The van der Waals surface area contributed by atoms with E-state index in [2.05, 4.69) is 4.99 Å². The van der Waals surface area contributed by atoms with E-state index in [0.29, 0.717) is 6.42 Å². The fourth-order valence-corrected chi connectivity index (χ4v) is 2.67. The first-order valence-electron chi connectivity index (χ1n) is 5.02. The average molecular weight is 180 g/mol. The minimum Gasteiger partial charge on any atom is -0.369 e. The fraction of sp³-hybridized carbons (Fsp3) is 0.800. The van der Waals surface area contributed by atoms with Gasteiger partial charge in [0, 0.05) is 6.21 Å². The van der Waals surface area contributed by atoms with E-state index >= 15 is 0 Å². The molecule has 0 heterocycles. The molecule has 0 aromatic carbocycles. The molecule has 2 rings (SSSR count). The van der Waals surface area contributed by atoms with Gasteiger partial charge >= 0.3 is 0 Å². The Balaban J connectivity index is 1.93. The van der Waals surface area contributed by atoms with Crippen LogP contribution in [0, 0.1) is 5.92 Å². The van der Waals surface area contributed by atoms with Crippen LogP contribution in [-0.2, 0) is 4.79 Å². The van der Waals surface area contributed by atoms with Gasteiger partial charge in [0.05, 0.1) is 12.0 Å². The summed E-state index contributed by atoms with van der Waals surface area (Å²) in [5.41, 5.74) is 5.25. The maximum atomic E-state index is 10.5. The molecule has 2 N–H and O–H groups in total. The van der Waals surface area contributed by atoms with Crippen molar-refractivity contribution in [2.75, 3.05) is 0 Å². The van der Waals surface area contributed by atoms with Crippen molar-refractivity contribution in [2.24, 2.45) is 16.6 Å². The van der Waals surface area contributed by atoms with Crippen LogP contribution in [-0.4, -0.2) is 17.7 Å². The van der Waals surface area contributed by atoms with Crippen LogP contribution in [0.3, 0.4) is 0 Å². The Morgan fingerprint density at radius 3 is 2.69 bits per heavy atom. The predicted octanol–water partition coefficient (Wildman–Crippen LogP) is 1.27. The number of nitrogens with two attached hydrogens (primary N) is 1. The minimum atomic E-state index is -0.285. The third-order valence-corrected chi connectivity index (χ3v) is 3.36. The molecule has 3 nitrogen and oxygen atoms in total. The van der Waals surface area contributed by atoms with Crippen LogP contribution in [0.4, 0.5) is 0 Å². The van der Waals surface area contributed by atoms with Gasteiger partial charge in [-0.25, -0.2) is 0 Å². The Labute approximate surface area is 78.4 Å². The first kappa shape index (κ1) is 8.73. The highest BCUT2D eigenvalue weighted by Crippen LogP contribution is 2.49. The van der Waals surface area contributed by atoms with E-state index in [0.717, 1.165) is 5.92 Å². The number of fused-ring (bicyclic) bond motifs is 2. The number of hydrogen-bond donors (Lipinski definition) is 1. The summed E-state index contributed by atoms with van der Waals surface area (Å²) in [4.78, 5) is 15.0. The Morgan fingerprint density at radius 1 is 1.54 bits per heavy atom. The average Bonchev–Trinajstić information content (AvgIpc) is 2.62. The molecular formula is C10H16N2O. The van der Waals surface area contributed by atoms with Gasteiger partial charge < -0.3 is 5.73 Å². The summed E-state index contributed by atoms with van der Waals surface area (Å²) in [5.74, 6) is 0.624. The molecule has 0 radical (unpaired) electrons. The van der Waals surface area contributed by atoms with E-state index < -0.39 is 0 Å². The molecule has 0 unspecified atom stereocenters. The van der Waals surface area contributed by atoms with Gasteiger partial charge in [-0.1, -0.05) is 0 Å². The normalized spacial score (nSPS) is 37.4. The highest BCUT2D eigenvalue weighted by molar-refractivity contribution is 5.88. The molecule has 2 fully saturated rings. The summed E-state index contributed by atoms with van der Waals surface area (Å²) in [6.07, 6.45) is 8.34. The van der Waals surface area contributed by atoms with Crippen LogP contribution >= 0.6 is 0 Å². The second-order valence-electron chi connectivity index (χ2n) is 4.35. The number of aliphatic imine (C=N–C) groups is 1. The van der Waals surface area contributed by atoms with Crippen molar-refractivity contribution in [2.45, 2.75) is 44.1 Å². The molecule has 0 aliphatic heterocycles. The number of carbonyl (C=O) groups is 1. The van der Waals surface area contributed by atoms with Gasteiger partial charge in [0.25, 0.3) is 0 Å². The zero-order valence-corrected chi connectivity index (χ0v) is 7.83. The van der Waals surface area contributed by atoms with Crippen molar-refractivity contribution in [3.05, 3.63) is 0 Å². The van der Waals surface area contributed by atoms with E-state index in [1.54, 1.807) is 6.21 Å². The summed E-state index contributed by atoms with van der Waals surface area (Å²) < 4.78 is 0. The summed E-state index contributed by atoms with van der Waals surface area (Å²) in [5, 5.41) is 0. The lowest BCUT2D eigenvalue weighted by molar-refractivity contribution is -0.116. The van der Waals surface area contributed by atoms with E-state index in [1.807, 2.05) is 0 Å². The van der Waals surface area contributed by atoms with E-state index in [4.69, 9.17) is 5.73 Å². The molecule has 72 valence electrons. The van der Waals surface area contributed by atoms with Crippen LogP contribution in [0.1, 0.15) is 38.5 Å². The standard InChI is InChI=1S/C10H16N2O/c11-9(13)3-6-12-10-4-1-8(7-10)2-5-10/h6,8H,1-5,7H2,(H2,11,13). The van der Waals surface area contributed by atoms with E-state index in [1.165, 1.54) is 32.1 Å². The summed E-state index contributed by atoms with van der Waals surface area (Å²) in [7, 11) is 0. The molecule has 13 heavy (non-hydrogen) atoms. The summed E-state index contributed by atoms with van der Waals surface area (Å²) in [6, 6.07) is 0. The van der Waals surface area contributed by atoms with Gasteiger partial charge in [0.1, 0.15) is 0 Å². The van der Waals surface area contributed by atoms with Crippen molar-refractivity contribution in [1.29, 1.82) is 0 Å². The number of hydrogen-bond acceptors (Lipinski definition) is 2. The van der Waals surface area contributed by atoms with Crippen molar-refractivity contribution in [3.8, 4) is 0 Å². The highest BCUT2D eigenvalue weighted by atomic mass is 16.1. The molecule has 2 saturated carbocycles. The van der Waals surface area contributed by atoms with Crippen LogP contribution in [0.25, 0.3) is 0 Å². The molecule has 3 heteroatoms. The Bertz CT molecular complexity index is 239. The number of nitrogens with zero attached hydrogens (tertiary/aromatic N) is 1. The molecular weight excluding hydrogens is 164 g/mol. The number of rotatable bonds is 3. The second kappa shape index (κ2) is 3.13. The van der Waals surface area contributed by atoms with E-state index in [-0.39, 0.29) is 11.4 Å². The van der Waals surface area contributed by atoms with Gasteiger partial charge in [-0.3, -0.25) is 9.79 Å². The van der Waals surface area contributed by atoms with E-state index in [9.17, 15) is 4.79 Å². The number of carbonyl (C=O) groups excluding carboxylic acids is 1. The predicted molar refractivity (Wildman–Crippen MR) is 51.6 cm³/mol. The third kappa shape index (κ3) is 1.74. The van der Waals surface area contributed by atoms with Gasteiger partial charge in [-0.2, -0.15) is 0 Å². The number of amides is 1. The molecule has 0 aromatic rings. The molecule has 2 aliphatic rings. The molecule has 0 aromatic heterocycles. The molecule has 2 bridgehead atoms. The molecule has 0 spiro atoms. The maximum absolute atomic E-state index is 10.5. The highest BCUT2D eigenvalue weighted by Gasteiger charge is 2.44. The quantitative estimate of drug-likeness (QED) is 0.653. The summed E-state index contributed by atoms with van der Waals surface area (Å²) in [6.45, 7) is 0. The van der Waals surface area contributed by atoms with Crippen molar-refractivity contribution >= 4 is 12.1 Å². The van der Waals surface area contributed by atoms with Crippen LogP contribution < -0.4 is 5.73 Å². The van der Waals surface area contributed by atoms with Crippen molar-refractivity contribution in [3.63, 3.8) is 0 Å². The maximum Gasteiger partial charge on any atom is 0.222 e.